The van der Waals surface area contributed by atoms with E-state index in [1.807, 2.05) is 0 Å². The smallest absolute Gasteiger partial charge is 0.318 e. The molecule has 0 unspecified atom stereocenters. The van der Waals surface area contributed by atoms with Gasteiger partial charge in [0.05, 0.1) is 5.75 Å². The van der Waals surface area contributed by atoms with E-state index in [1.165, 1.54) is 41.4 Å². The topological polar surface area (TPSA) is 98.0 Å². The van der Waals surface area contributed by atoms with Crippen molar-refractivity contribution in [2.75, 3.05) is 5.75 Å². The van der Waals surface area contributed by atoms with Gasteiger partial charge >= 0.3 is 6.03 Å². The molecule has 3 rings (SSSR count). The van der Waals surface area contributed by atoms with Crippen LogP contribution in [0.1, 0.15) is 23.3 Å². The number of thioether (sulfide) groups is 1. The second-order valence-electron chi connectivity index (χ2n) is 4.77. The summed E-state index contributed by atoms with van der Waals surface area (Å²) in [5, 5.41) is 3.94. The fourth-order valence-corrected chi connectivity index (χ4v) is 4.60. The molecule has 3 amide bonds. The number of amides is 3. The predicted octanol–water partition coefficient (Wildman–Crippen LogP) is 1.86. The van der Waals surface area contributed by atoms with Crippen LogP contribution in [0.15, 0.2) is 11.4 Å². The molecule has 2 heterocycles. The molecule has 0 aromatic carbocycles. The lowest BCUT2D eigenvalue weighted by Gasteiger charge is -2.11. The summed E-state index contributed by atoms with van der Waals surface area (Å²) in [5.41, 5.74) is 6.26. The Morgan fingerprint density at radius 2 is 2.14 bits per heavy atom. The molecule has 0 saturated heterocycles. The van der Waals surface area contributed by atoms with Gasteiger partial charge in [0.25, 0.3) is 0 Å². The summed E-state index contributed by atoms with van der Waals surface area (Å²) in [6, 6.07) is -0.832. The number of hydrogen-bond donors (Lipinski definition) is 2. The van der Waals surface area contributed by atoms with Gasteiger partial charge in [0.2, 0.25) is 5.91 Å². The molecule has 8 heteroatoms. The third kappa shape index (κ3) is 3.01. The number of hydrogen-bond acceptors (Lipinski definition) is 6. The number of fused-ring (bicyclic) bond motifs is 3. The van der Waals surface area contributed by atoms with Gasteiger partial charge in [-0.3, -0.25) is 10.1 Å². The van der Waals surface area contributed by atoms with Crippen LogP contribution < -0.4 is 11.1 Å². The third-order valence-electron chi connectivity index (χ3n) is 3.32. The number of nitrogens with one attached hydrogen (secondary N) is 1. The van der Waals surface area contributed by atoms with Crippen LogP contribution in [0.4, 0.5) is 4.79 Å². The van der Waals surface area contributed by atoms with Crippen molar-refractivity contribution < 1.29 is 9.59 Å². The standard InChI is InChI=1S/C13H14N4O2S2/c14-13(19)17-9(18)5-20-11-10-7-3-1-2-4-8(7)21-12(10)16-6-15-11/h6H,1-5H2,(H3,14,17,18,19). The molecule has 0 saturated carbocycles. The molecule has 2 aromatic heterocycles. The van der Waals surface area contributed by atoms with Gasteiger partial charge in [-0.2, -0.15) is 0 Å². The van der Waals surface area contributed by atoms with Crippen LogP contribution in [0.5, 0.6) is 0 Å². The number of aryl methyl sites for hydroxylation is 2. The first-order valence-electron chi connectivity index (χ1n) is 6.62. The maximum atomic E-state index is 11.5. The Kier molecular flexibility index (Phi) is 4.07. The molecule has 0 radical (unpaired) electrons. The zero-order valence-corrected chi connectivity index (χ0v) is 12.9. The summed E-state index contributed by atoms with van der Waals surface area (Å²) in [7, 11) is 0. The first-order chi connectivity index (χ1) is 10.1. The maximum Gasteiger partial charge on any atom is 0.318 e. The zero-order valence-electron chi connectivity index (χ0n) is 11.2. The normalized spacial score (nSPS) is 13.9. The van der Waals surface area contributed by atoms with Crippen molar-refractivity contribution in [3.8, 4) is 0 Å². The van der Waals surface area contributed by atoms with E-state index in [-0.39, 0.29) is 5.75 Å². The van der Waals surface area contributed by atoms with Gasteiger partial charge in [0.1, 0.15) is 16.2 Å². The Labute approximate surface area is 129 Å². The fourth-order valence-electron chi connectivity index (χ4n) is 2.48. The molecule has 3 N–H and O–H groups in total. The molecule has 0 bridgehead atoms. The quantitative estimate of drug-likeness (QED) is 0.664. The Hall–Kier alpha value is -1.67. The van der Waals surface area contributed by atoms with E-state index in [0.717, 1.165) is 28.1 Å². The number of nitrogens with zero attached hydrogens (tertiary/aromatic N) is 2. The molecule has 2 aromatic rings. The second kappa shape index (κ2) is 5.98. The monoisotopic (exact) mass is 322 g/mol. The van der Waals surface area contributed by atoms with E-state index in [0.29, 0.717) is 0 Å². The lowest BCUT2D eigenvalue weighted by molar-refractivity contribution is -0.117. The highest BCUT2D eigenvalue weighted by atomic mass is 32.2. The Balaban J connectivity index is 1.86. The first kappa shape index (κ1) is 14.3. The van der Waals surface area contributed by atoms with Crippen molar-refractivity contribution >= 4 is 45.3 Å². The van der Waals surface area contributed by atoms with Crippen LogP contribution in [-0.2, 0) is 17.6 Å². The third-order valence-corrected chi connectivity index (χ3v) is 5.51. The number of thiophene rings is 1. The Morgan fingerprint density at radius 1 is 1.33 bits per heavy atom. The van der Waals surface area contributed by atoms with Crippen LogP contribution in [0, 0.1) is 0 Å². The van der Waals surface area contributed by atoms with Crippen LogP contribution in [0.25, 0.3) is 10.2 Å². The van der Waals surface area contributed by atoms with Gasteiger partial charge in [-0.1, -0.05) is 11.8 Å². The van der Waals surface area contributed by atoms with E-state index in [9.17, 15) is 9.59 Å². The average molecular weight is 322 g/mol. The number of rotatable bonds is 3. The molecule has 1 aliphatic carbocycles. The van der Waals surface area contributed by atoms with E-state index < -0.39 is 11.9 Å². The van der Waals surface area contributed by atoms with Crippen molar-refractivity contribution in [3.05, 3.63) is 16.8 Å². The molecule has 6 nitrogen and oxygen atoms in total. The van der Waals surface area contributed by atoms with Gasteiger partial charge in [0, 0.05) is 10.3 Å². The minimum Gasteiger partial charge on any atom is -0.351 e. The summed E-state index contributed by atoms with van der Waals surface area (Å²) in [6.45, 7) is 0. The largest absolute Gasteiger partial charge is 0.351 e. The molecular weight excluding hydrogens is 308 g/mol. The van der Waals surface area contributed by atoms with Crippen LogP contribution in [0.3, 0.4) is 0 Å². The van der Waals surface area contributed by atoms with E-state index in [4.69, 9.17) is 5.73 Å². The molecule has 21 heavy (non-hydrogen) atoms. The Morgan fingerprint density at radius 3 is 2.95 bits per heavy atom. The molecule has 0 spiro atoms. The molecule has 0 aliphatic heterocycles. The predicted molar refractivity (Wildman–Crippen MR) is 82.5 cm³/mol. The van der Waals surface area contributed by atoms with Crippen LogP contribution in [0.2, 0.25) is 0 Å². The van der Waals surface area contributed by atoms with Crippen molar-refractivity contribution in [2.45, 2.75) is 30.7 Å². The molecule has 110 valence electrons. The lowest BCUT2D eigenvalue weighted by atomic mass is 9.97. The van der Waals surface area contributed by atoms with E-state index >= 15 is 0 Å². The van der Waals surface area contributed by atoms with Gasteiger partial charge in [-0.25, -0.2) is 14.8 Å². The summed E-state index contributed by atoms with van der Waals surface area (Å²) in [6.07, 6.45) is 6.07. The zero-order chi connectivity index (χ0) is 14.8. The number of nitrogens with two attached hydrogens (primary N) is 1. The number of carbonyl (C=O) groups is 2. The molecule has 0 fully saturated rings. The van der Waals surface area contributed by atoms with Gasteiger partial charge in [-0.05, 0) is 31.2 Å². The number of carbonyl (C=O) groups excluding carboxylic acids is 2. The van der Waals surface area contributed by atoms with Crippen molar-refractivity contribution in [3.63, 3.8) is 0 Å². The van der Waals surface area contributed by atoms with Gasteiger partial charge in [-0.15, -0.1) is 11.3 Å². The highest BCUT2D eigenvalue weighted by Crippen LogP contribution is 2.39. The summed E-state index contributed by atoms with van der Waals surface area (Å²) >= 11 is 3.03. The highest BCUT2D eigenvalue weighted by Gasteiger charge is 2.20. The maximum absolute atomic E-state index is 11.5. The summed E-state index contributed by atoms with van der Waals surface area (Å²) < 4.78 is 0. The van der Waals surface area contributed by atoms with Gasteiger partial charge in [0.15, 0.2) is 0 Å². The van der Waals surface area contributed by atoms with E-state index in [2.05, 4.69) is 15.3 Å². The van der Waals surface area contributed by atoms with E-state index in [1.54, 1.807) is 11.3 Å². The minimum atomic E-state index is -0.832. The Bertz CT molecular complexity index is 714. The van der Waals surface area contributed by atoms with Crippen molar-refractivity contribution in [2.24, 2.45) is 5.73 Å². The van der Waals surface area contributed by atoms with Crippen molar-refractivity contribution in [1.29, 1.82) is 0 Å². The first-order valence-corrected chi connectivity index (χ1v) is 8.42. The average Bonchev–Trinajstić information content (AvgIpc) is 2.83. The van der Waals surface area contributed by atoms with Crippen LogP contribution in [-0.4, -0.2) is 27.7 Å². The number of imide groups is 1. The fraction of sp³-hybridized carbons (Fsp3) is 0.385. The molecule has 1 aliphatic rings. The second-order valence-corrected chi connectivity index (χ2v) is 6.82. The van der Waals surface area contributed by atoms with Crippen LogP contribution >= 0.6 is 23.1 Å². The number of aromatic nitrogens is 2. The summed E-state index contributed by atoms with van der Waals surface area (Å²) in [5.74, 6) is -0.303. The molecular formula is C13H14N4O2S2. The molecule has 0 atom stereocenters. The highest BCUT2D eigenvalue weighted by molar-refractivity contribution is 8.00. The summed E-state index contributed by atoms with van der Waals surface area (Å²) in [4.78, 5) is 33.2. The van der Waals surface area contributed by atoms with Crippen molar-refractivity contribution in [1.82, 2.24) is 15.3 Å². The SMILES string of the molecule is NC(=O)NC(=O)CSc1ncnc2sc3c(c12)CCCC3. The lowest BCUT2D eigenvalue weighted by Crippen LogP contribution is -2.36. The number of urea groups is 1. The van der Waals surface area contributed by atoms with Gasteiger partial charge < -0.3 is 5.73 Å². The minimum absolute atomic E-state index is 0.111. The number of primary amides is 1.